The molecule has 0 aliphatic heterocycles. The normalized spacial score (nSPS) is 13.1. The minimum absolute atomic E-state index is 0.103. The van der Waals surface area contributed by atoms with Crippen LogP contribution >= 0.6 is 0 Å². The van der Waals surface area contributed by atoms with Crippen molar-refractivity contribution < 1.29 is 19.4 Å². The lowest BCUT2D eigenvalue weighted by Crippen LogP contribution is -2.29. The molecular weight excluding hydrogens is 236 g/mol. The lowest BCUT2D eigenvalue weighted by atomic mass is 10.1. The molecule has 1 atom stereocenters. The first-order valence-electron chi connectivity index (χ1n) is 5.67. The van der Waals surface area contributed by atoms with Crippen LogP contribution < -0.4 is 0 Å². The molecule has 0 unspecified atom stereocenters. The number of rotatable bonds is 4. The standard InChI is InChI=1S/C12H18N2O4/c1-8(11(17)18-12(2,3)4)6-14-7-9(5-13-14)10(15)16/h5,7-8H,6H2,1-4H3,(H,15,16)/t8-/m0/s1. The lowest BCUT2D eigenvalue weighted by molar-refractivity contribution is -0.159. The summed E-state index contributed by atoms with van der Waals surface area (Å²) in [4.78, 5) is 22.4. The molecule has 0 aliphatic rings. The molecular formula is C12H18N2O4. The van der Waals surface area contributed by atoms with Gasteiger partial charge in [0.2, 0.25) is 0 Å². The topological polar surface area (TPSA) is 81.4 Å². The SMILES string of the molecule is C[C@@H](Cn1cc(C(=O)O)cn1)C(=O)OC(C)(C)C. The Hall–Kier alpha value is -1.85. The van der Waals surface area contributed by atoms with Crippen LogP contribution in [-0.4, -0.2) is 32.4 Å². The summed E-state index contributed by atoms with van der Waals surface area (Å²) in [5.41, 5.74) is -0.423. The van der Waals surface area contributed by atoms with Crippen molar-refractivity contribution in [2.24, 2.45) is 5.92 Å². The first kappa shape index (κ1) is 14.2. The summed E-state index contributed by atoms with van der Waals surface area (Å²) in [6.07, 6.45) is 2.65. The van der Waals surface area contributed by atoms with Crippen molar-refractivity contribution in [1.29, 1.82) is 0 Å². The molecule has 0 spiro atoms. The maximum absolute atomic E-state index is 11.7. The van der Waals surface area contributed by atoms with Crippen LogP contribution in [0.2, 0.25) is 0 Å². The quantitative estimate of drug-likeness (QED) is 0.824. The molecule has 0 aliphatic carbocycles. The van der Waals surface area contributed by atoms with Gasteiger partial charge in [-0.1, -0.05) is 6.92 Å². The summed E-state index contributed by atoms with van der Waals surface area (Å²) in [6.45, 7) is 7.41. The van der Waals surface area contributed by atoms with Crippen molar-refractivity contribution >= 4 is 11.9 Å². The Morgan fingerprint density at radius 3 is 2.56 bits per heavy atom. The van der Waals surface area contributed by atoms with Crippen LogP contribution in [0.25, 0.3) is 0 Å². The second-order valence-electron chi connectivity index (χ2n) is 5.19. The van der Waals surface area contributed by atoms with Crippen LogP contribution in [0.5, 0.6) is 0 Å². The highest BCUT2D eigenvalue weighted by Crippen LogP contribution is 2.12. The summed E-state index contributed by atoms with van der Waals surface area (Å²) in [6, 6.07) is 0. The number of carbonyl (C=O) groups is 2. The number of ether oxygens (including phenoxy) is 1. The third-order valence-electron chi connectivity index (χ3n) is 2.15. The number of hydrogen-bond acceptors (Lipinski definition) is 4. The highest BCUT2D eigenvalue weighted by molar-refractivity contribution is 5.86. The summed E-state index contributed by atoms with van der Waals surface area (Å²) in [5, 5.41) is 12.6. The second-order valence-corrected chi connectivity index (χ2v) is 5.19. The largest absolute Gasteiger partial charge is 0.478 e. The fourth-order valence-electron chi connectivity index (χ4n) is 1.33. The monoisotopic (exact) mass is 254 g/mol. The third-order valence-corrected chi connectivity index (χ3v) is 2.15. The zero-order valence-corrected chi connectivity index (χ0v) is 11.0. The van der Waals surface area contributed by atoms with Crippen molar-refractivity contribution in [3.63, 3.8) is 0 Å². The summed E-state index contributed by atoms with van der Waals surface area (Å²) < 4.78 is 6.66. The molecule has 6 heteroatoms. The molecule has 0 radical (unpaired) electrons. The van der Waals surface area contributed by atoms with Gasteiger partial charge in [-0.05, 0) is 20.8 Å². The van der Waals surface area contributed by atoms with Crippen LogP contribution in [0.15, 0.2) is 12.4 Å². The molecule has 0 bridgehead atoms. The van der Waals surface area contributed by atoms with E-state index in [-0.39, 0.29) is 17.5 Å². The molecule has 1 aromatic heterocycles. The Morgan fingerprint density at radius 1 is 1.50 bits per heavy atom. The molecule has 6 nitrogen and oxygen atoms in total. The van der Waals surface area contributed by atoms with E-state index in [9.17, 15) is 9.59 Å². The van der Waals surface area contributed by atoms with E-state index in [0.717, 1.165) is 0 Å². The lowest BCUT2D eigenvalue weighted by Gasteiger charge is -2.22. The van der Waals surface area contributed by atoms with E-state index >= 15 is 0 Å². The van der Waals surface area contributed by atoms with Gasteiger partial charge in [0.25, 0.3) is 0 Å². The Morgan fingerprint density at radius 2 is 2.11 bits per heavy atom. The van der Waals surface area contributed by atoms with Gasteiger partial charge in [-0.25, -0.2) is 4.79 Å². The molecule has 0 amide bonds. The molecule has 18 heavy (non-hydrogen) atoms. The van der Waals surface area contributed by atoms with Gasteiger partial charge in [0.15, 0.2) is 0 Å². The van der Waals surface area contributed by atoms with Gasteiger partial charge in [0.05, 0.1) is 24.2 Å². The predicted molar refractivity (Wildman–Crippen MR) is 64.2 cm³/mol. The number of carboxylic acid groups (broad SMARTS) is 1. The van der Waals surface area contributed by atoms with Crippen LogP contribution in [0.3, 0.4) is 0 Å². The van der Waals surface area contributed by atoms with Gasteiger partial charge >= 0.3 is 11.9 Å². The fraction of sp³-hybridized carbons (Fsp3) is 0.583. The smallest absolute Gasteiger partial charge is 0.338 e. The van der Waals surface area contributed by atoms with Crippen molar-refractivity contribution in [3.05, 3.63) is 18.0 Å². The van der Waals surface area contributed by atoms with E-state index < -0.39 is 11.6 Å². The average Bonchev–Trinajstić information content (AvgIpc) is 2.63. The van der Waals surface area contributed by atoms with Gasteiger partial charge < -0.3 is 9.84 Å². The van der Waals surface area contributed by atoms with E-state index in [2.05, 4.69) is 5.10 Å². The molecule has 0 fully saturated rings. The number of carboxylic acids is 1. The minimum Gasteiger partial charge on any atom is -0.478 e. The Kier molecular flexibility index (Phi) is 4.11. The molecule has 1 aromatic rings. The van der Waals surface area contributed by atoms with Gasteiger partial charge in [-0.2, -0.15) is 5.10 Å². The third kappa shape index (κ3) is 4.20. The van der Waals surface area contributed by atoms with Crippen LogP contribution in [-0.2, 0) is 16.1 Å². The number of aromatic nitrogens is 2. The first-order chi connectivity index (χ1) is 8.19. The maximum atomic E-state index is 11.7. The van der Waals surface area contributed by atoms with E-state index in [0.29, 0.717) is 6.54 Å². The summed E-state index contributed by atoms with van der Waals surface area (Å²) >= 11 is 0. The molecule has 100 valence electrons. The Bertz CT molecular complexity index is 445. The van der Waals surface area contributed by atoms with Crippen molar-refractivity contribution in [2.45, 2.75) is 39.8 Å². The van der Waals surface area contributed by atoms with Crippen molar-refractivity contribution in [3.8, 4) is 0 Å². The first-order valence-corrected chi connectivity index (χ1v) is 5.67. The summed E-state index contributed by atoms with van der Waals surface area (Å²) in [5.74, 6) is -1.74. The van der Waals surface area contributed by atoms with Crippen LogP contribution in [0.4, 0.5) is 0 Å². The Labute approximate surface area is 106 Å². The zero-order valence-electron chi connectivity index (χ0n) is 11.0. The molecule has 0 aromatic carbocycles. The predicted octanol–water partition coefficient (Wildman–Crippen LogP) is 1.56. The summed E-state index contributed by atoms with van der Waals surface area (Å²) in [7, 11) is 0. The number of carbonyl (C=O) groups excluding carboxylic acids is 1. The molecule has 0 saturated carbocycles. The van der Waals surface area contributed by atoms with E-state index in [1.54, 1.807) is 27.7 Å². The number of esters is 1. The van der Waals surface area contributed by atoms with Crippen molar-refractivity contribution in [1.82, 2.24) is 9.78 Å². The molecule has 0 saturated heterocycles. The highest BCUT2D eigenvalue weighted by Gasteiger charge is 2.22. The molecule has 1 N–H and O–H groups in total. The highest BCUT2D eigenvalue weighted by atomic mass is 16.6. The van der Waals surface area contributed by atoms with Crippen molar-refractivity contribution in [2.75, 3.05) is 0 Å². The number of hydrogen-bond donors (Lipinski definition) is 1. The van der Waals surface area contributed by atoms with E-state index in [1.807, 2.05) is 0 Å². The molecule has 1 rings (SSSR count). The average molecular weight is 254 g/mol. The van der Waals surface area contributed by atoms with Gasteiger partial charge in [-0.3, -0.25) is 9.48 Å². The van der Waals surface area contributed by atoms with Gasteiger partial charge in [0, 0.05) is 6.20 Å². The number of nitrogens with zero attached hydrogens (tertiary/aromatic N) is 2. The number of aromatic carboxylic acids is 1. The molecule has 1 heterocycles. The fourth-order valence-corrected chi connectivity index (χ4v) is 1.33. The van der Waals surface area contributed by atoms with E-state index in [4.69, 9.17) is 9.84 Å². The van der Waals surface area contributed by atoms with E-state index in [1.165, 1.54) is 17.1 Å². The zero-order chi connectivity index (χ0) is 13.9. The minimum atomic E-state index is -1.04. The van der Waals surface area contributed by atoms with Crippen LogP contribution in [0.1, 0.15) is 38.1 Å². The maximum Gasteiger partial charge on any atom is 0.338 e. The van der Waals surface area contributed by atoms with Gasteiger partial charge in [0.1, 0.15) is 5.60 Å². The van der Waals surface area contributed by atoms with Crippen LogP contribution in [0, 0.1) is 5.92 Å². The second kappa shape index (κ2) is 5.20. The van der Waals surface area contributed by atoms with Gasteiger partial charge in [-0.15, -0.1) is 0 Å². The Balaban J connectivity index is 2.61.